The van der Waals surface area contributed by atoms with Crippen LogP contribution in [-0.4, -0.2) is 48.6 Å². The third-order valence-corrected chi connectivity index (χ3v) is 4.76. The molecule has 0 aromatic carbocycles. The lowest BCUT2D eigenvalue weighted by molar-refractivity contribution is -0.147. The molecule has 0 aliphatic heterocycles. The van der Waals surface area contributed by atoms with Crippen LogP contribution in [0.15, 0.2) is 0 Å². The summed E-state index contributed by atoms with van der Waals surface area (Å²) >= 11 is 0. The zero-order valence-corrected chi connectivity index (χ0v) is 13.4. The Labute approximate surface area is 127 Å². The van der Waals surface area contributed by atoms with Crippen molar-refractivity contribution in [1.29, 1.82) is 0 Å². The summed E-state index contributed by atoms with van der Waals surface area (Å²) in [6, 6.07) is 0.319. The number of methoxy groups -OCH3 is 1. The molecule has 0 aromatic heterocycles. The fourth-order valence-corrected chi connectivity index (χ4v) is 3.14. The van der Waals surface area contributed by atoms with E-state index in [-0.39, 0.29) is 17.9 Å². The van der Waals surface area contributed by atoms with E-state index < -0.39 is 0 Å². The zero-order valence-electron chi connectivity index (χ0n) is 13.4. The summed E-state index contributed by atoms with van der Waals surface area (Å²) in [6.45, 7) is 4.39. The molecule has 0 aromatic rings. The fraction of sp³-hybridized carbons (Fsp3) is 0.875. The van der Waals surface area contributed by atoms with Gasteiger partial charge in [-0.15, -0.1) is 0 Å². The van der Waals surface area contributed by atoms with Gasteiger partial charge in [0.1, 0.15) is 6.04 Å². The molecule has 2 aliphatic rings. The van der Waals surface area contributed by atoms with Crippen LogP contribution >= 0.6 is 0 Å². The number of esters is 1. The topological polar surface area (TPSA) is 58.6 Å². The Morgan fingerprint density at radius 1 is 1.19 bits per heavy atom. The van der Waals surface area contributed by atoms with Crippen molar-refractivity contribution in [3.05, 3.63) is 0 Å². The highest BCUT2D eigenvalue weighted by atomic mass is 16.5. The molecular formula is C16H28N2O3. The molecule has 1 amide bonds. The Hall–Kier alpha value is -1.10. The van der Waals surface area contributed by atoms with E-state index in [0.29, 0.717) is 18.6 Å². The second-order valence-electron chi connectivity index (χ2n) is 6.63. The summed E-state index contributed by atoms with van der Waals surface area (Å²) < 4.78 is 4.80. The van der Waals surface area contributed by atoms with Crippen LogP contribution in [0.25, 0.3) is 0 Å². The highest BCUT2D eigenvalue weighted by molar-refractivity contribution is 5.80. The highest BCUT2D eigenvalue weighted by Crippen LogP contribution is 2.29. The van der Waals surface area contributed by atoms with Crippen molar-refractivity contribution >= 4 is 11.9 Å². The molecule has 1 N–H and O–H groups in total. The number of carbonyl (C=O) groups is 2. The van der Waals surface area contributed by atoms with Crippen molar-refractivity contribution in [3.63, 3.8) is 0 Å². The van der Waals surface area contributed by atoms with Gasteiger partial charge in [-0.2, -0.15) is 0 Å². The van der Waals surface area contributed by atoms with Gasteiger partial charge >= 0.3 is 5.97 Å². The van der Waals surface area contributed by atoms with E-state index in [1.54, 1.807) is 0 Å². The molecular weight excluding hydrogens is 268 g/mol. The molecule has 2 fully saturated rings. The highest BCUT2D eigenvalue weighted by Gasteiger charge is 2.36. The minimum atomic E-state index is -0.348. The number of hydrogen-bond acceptors (Lipinski definition) is 4. The molecule has 0 radical (unpaired) electrons. The molecule has 21 heavy (non-hydrogen) atoms. The summed E-state index contributed by atoms with van der Waals surface area (Å²) in [5, 5.41) is 3.13. The molecule has 0 heterocycles. The maximum atomic E-state index is 12.2. The maximum Gasteiger partial charge on any atom is 0.322 e. The Morgan fingerprint density at radius 2 is 1.81 bits per heavy atom. The van der Waals surface area contributed by atoms with Gasteiger partial charge in [-0.3, -0.25) is 14.5 Å². The Morgan fingerprint density at radius 3 is 2.33 bits per heavy atom. The van der Waals surface area contributed by atoms with Crippen molar-refractivity contribution in [2.45, 2.75) is 70.5 Å². The lowest BCUT2D eigenvalue weighted by atomic mass is 9.87. The SMILES string of the molecule is COC(=O)[C@H](C)N(CC(=O)NC1CCC(C)CC1)C1CC1. The van der Waals surface area contributed by atoms with Crippen LogP contribution in [0.2, 0.25) is 0 Å². The van der Waals surface area contributed by atoms with Gasteiger partial charge in [0, 0.05) is 12.1 Å². The quantitative estimate of drug-likeness (QED) is 0.758. The predicted molar refractivity (Wildman–Crippen MR) is 80.8 cm³/mol. The van der Waals surface area contributed by atoms with Crippen LogP contribution in [0.3, 0.4) is 0 Å². The number of nitrogens with one attached hydrogen (secondary N) is 1. The zero-order chi connectivity index (χ0) is 15.4. The van der Waals surface area contributed by atoms with Crippen LogP contribution in [0.4, 0.5) is 0 Å². The molecule has 2 saturated carbocycles. The lowest BCUT2D eigenvalue weighted by Gasteiger charge is -2.30. The predicted octanol–water partition coefficient (Wildman–Crippen LogP) is 1.71. The van der Waals surface area contributed by atoms with E-state index in [4.69, 9.17) is 4.74 Å². The van der Waals surface area contributed by atoms with E-state index in [1.165, 1.54) is 20.0 Å². The van der Waals surface area contributed by atoms with E-state index in [9.17, 15) is 9.59 Å². The van der Waals surface area contributed by atoms with Crippen molar-refractivity contribution in [3.8, 4) is 0 Å². The standard InChI is InChI=1S/C16H28N2O3/c1-11-4-6-13(7-5-11)17-15(19)10-18(14-8-9-14)12(2)16(20)21-3/h11-14H,4-10H2,1-3H3,(H,17,19)/t11?,12-,13?/m0/s1. The summed E-state index contributed by atoms with van der Waals surface area (Å²) in [4.78, 5) is 25.9. The van der Waals surface area contributed by atoms with Crippen LogP contribution in [0.5, 0.6) is 0 Å². The molecule has 2 rings (SSSR count). The molecule has 0 bridgehead atoms. The fourth-order valence-electron chi connectivity index (χ4n) is 3.14. The second-order valence-corrected chi connectivity index (χ2v) is 6.63. The number of carbonyl (C=O) groups excluding carboxylic acids is 2. The molecule has 1 atom stereocenters. The van der Waals surface area contributed by atoms with E-state index in [2.05, 4.69) is 12.2 Å². The van der Waals surface area contributed by atoms with Crippen LogP contribution in [0, 0.1) is 5.92 Å². The third kappa shape index (κ3) is 4.70. The largest absolute Gasteiger partial charge is 0.468 e. The van der Waals surface area contributed by atoms with Crippen molar-refractivity contribution < 1.29 is 14.3 Å². The smallest absolute Gasteiger partial charge is 0.322 e. The van der Waals surface area contributed by atoms with Gasteiger partial charge in [0.15, 0.2) is 0 Å². The average molecular weight is 296 g/mol. The number of hydrogen-bond donors (Lipinski definition) is 1. The van der Waals surface area contributed by atoms with E-state index >= 15 is 0 Å². The summed E-state index contributed by atoms with van der Waals surface area (Å²) in [7, 11) is 1.40. The summed E-state index contributed by atoms with van der Waals surface area (Å²) in [6.07, 6.45) is 6.66. The van der Waals surface area contributed by atoms with E-state index in [0.717, 1.165) is 31.6 Å². The molecule has 120 valence electrons. The molecule has 0 unspecified atom stereocenters. The number of nitrogens with zero attached hydrogens (tertiary/aromatic N) is 1. The summed E-state index contributed by atoms with van der Waals surface area (Å²) in [5.74, 6) is 0.554. The Kier molecular flexibility index (Phi) is 5.62. The average Bonchev–Trinajstić information content (AvgIpc) is 3.30. The first-order chi connectivity index (χ1) is 10.0. The Balaban J connectivity index is 1.82. The molecule has 0 spiro atoms. The normalized spacial score (nSPS) is 27.2. The minimum Gasteiger partial charge on any atom is -0.468 e. The Bertz CT molecular complexity index is 374. The lowest BCUT2D eigenvalue weighted by Crippen LogP contribution is -2.49. The minimum absolute atomic E-state index is 0.0391. The maximum absolute atomic E-state index is 12.2. The number of ether oxygens (including phenoxy) is 1. The molecule has 5 heteroatoms. The second kappa shape index (κ2) is 7.25. The molecule has 2 aliphatic carbocycles. The van der Waals surface area contributed by atoms with Gasteiger partial charge < -0.3 is 10.1 Å². The first kappa shape index (κ1) is 16.3. The van der Waals surface area contributed by atoms with Crippen LogP contribution in [-0.2, 0) is 14.3 Å². The number of rotatable bonds is 6. The van der Waals surface area contributed by atoms with Gasteiger partial charge in [0.25, 0.3) is 0 Å². The first-order valence-electron chi connectivity index (χ1n) is 8.14. The van der Waals surface area contributed by atoms with Crippen LogP contribution < -0.4 is 5.32 Å². The first-order valence-corrected chi connectivity index (χ1v) is 8.14. The van der Waals surface area contributed by atoms with Crippen molar-refractivity contribution in [2.75, 3.05) is 13.7 Å². The van der Waals surface area contributed by atoms with Gasteiger partial charge in [-0.25, -0.2) is 0 Å². The van der Waals surface area contributed by atoms with Crippen molar-refractivity contribution in [2.24, 2.45) is 5.92 Å². The third-order valence-electron chi connectivity index (χ3n) is 4.76. The molecule has 5 nitrogen and oxygen atoms in total. The van der Waals surface area contributed by atoms with Gasteiger partial charge in [-0.05, 0) is 51.4 Å². The number of amides is 1. The van der Waals surface area contributed by atoms with Gasteiger partial charge in [0.2, 0.25) is 5.91 Å². The van der Waals surface area contributed by atoms with Crippen LogP contribution in [0.1, 0.15) is 52.4 Å². The van der Waals surface area contributed by atoms with Gasteiger partial charge in [-0.1, -0.05) is 6.92 Å². The molecule has 0 saturated heterocycles. The monoisotopic (exact) mass is 296 g/mol. The van der Waals surface area contributed by atoms with Gasteiger partial charge in [0.05, 0.1) is 13.7 Å². The summed E-state index contributed by atoms with van der Waals surface area (Å²) in [5.41, 5.74) is 0. The van der Waals surface area contributed by atoms with E-state index in [1.807, 2.05) is 11.8 Å². The van der Waals surface area contributed by atoms with Crippen molar-refractivity contribution in [1.82, 2.24) is 10.2 Å².